The van der Waals surface area contributed by atoms with Crippen molar-refractivity contribution in [2.75, 3.05) is 33.3 Å². The van der Waals surface area contributed by atoms with E-state index in [4.69, 9.17) is 4.74 Å². The van der Waals surface area contributed by atoms with Crippen molar-refractivity contribution in [2.45, 2.75) is 50.4 Å². The lowest BCUT2D eigenvalue weighted by Crippen LogP contribution is -2.57. The van der Waals surface area contributed by atoms with Crippen molar-refractivity contribution in [1.82, 2.24) is 9.80 Å². The molecule has 2 N–H and O–H groups in total. The smallest absolute Gasteiger partial charge is 0.223 e. The Morgan fingerprint density at radius 1 is 1.04 bits per heavy atom. The van der Waals surface area contributed by atoms with E-state index in [9.17, 15) is 19.8 Å². The second-order valence-electron chi connectivity index (χ2n) is 7.68. The number of methoxy groups -OCH3 is 1. The first kappa shape index (κ1) is 20.8. The highest BCUT2D eigenvalue weighted by atomic mass is 16.5. The van der Waals surface area contributed by atoms with Crippen molar-refractivity contribution >= 4 is 11.7 Å². The van der Waals surface area contributed by atoms with E-state index in [1.54, 1.807) is 36.3 Å². The Labute approximate surface area is 165 Å². The van der Waals surface area contributed by atoms with Gasteiger partial charge < -0.3 is 19.8 Å². The predicted octanol–water partition coefficient (Wildman–Crippen LogP) is 1.08. The fourth-order valence-electron chi connectivity index (χ4n) is 4.09. The monoisotopic (exact) mass is 390 g/mol. The summed E-state index contributed by atoms with van der Waals surface area (Å²) < 4.78 is 5.08. The van der Waals surface area contributed by atoms with Gasteiger partial charge in [0.15, 0.2) is 5.78 Å². The van der Waals surface area contributed by atoms with E-state index < -0.39 is 6.10 Å². The minimum absolute atomic E-state index is 0.0393. The van der Waals surface area contributed by atoms with Crippen molar-refractivity contribution in [1.29, 1.82) is 0 Å². The second-order valence-corrected chi connectivity index (χ2v) is 7.68. The summed E-state index contributed by atoms with van der Waals surface area (Å²) in [6.45, 7) is 2.47. The van der Waals surface area contributed by atoms with Gasteiger partial charge in [0.2, 0.25) is 5.91 Å². The standard InChI is InChI=1S/C21H30N2O5/c1-28-17-4-2-15(3-5-17)19(25)6-7-21(27)23-13-10-18(20(26)14-23)22-11-8-16(24)9-12-22/h2-5,16,18,20,24,26H,6-14H2,1H3/t18-,20-/m1/s1. The van der Waals surface area contributed by atoms with Crippen LogP contribution in [0.25, 0.3) is 0 Å². The minimum atomic E-state index is -0.592. The van der Waals surface area contributed by atoms with E-state index in [0.717, 1.165) is 32.4 Å². The van der Waals surface area contributed by atoms with Gasteiger partial charge in [0, 0.05) is 50.6 Å². The lowest BCUT2D eigenvalue weighted by Gasteiger charge is -2.43. The summed E-state index contributed by atoms with van der Waals surface area (Å²) >= 11 is 0. The third-order valence-corrected chi connectivity index (χ3v) is 5.85. The average Bonchev–Trinajstić information content (AvgIpc) is 2.72. The number of Topliss-reactive ketones (excluding diaryl/α,β-unsaturated/α-hetero) is 1. The third kappa shape index (κ3) is 5.10. The number of hydrogen-bond donors (Lipinski definition) is 2. The molecular formula is C21H30N2O5. The molecule has 3 rings (SSSR count). The molecule has 154 valence electrons. The van der Waals surface area contributed by atoms with E-state index >= 15 is 0 Å². The lowest BCUT2D eigenvalue weighted by molar-refractivity contribution is -0.136. The molecule has 2 aliphatic heterocycles. The van der Waals surface area contributed by atoms with Gasteiger partial charge in [-0.05, 0) is 43.5 Å². The summed E-state index contributed by atoms with van der Waals surface area (Å²) in [6.07, 6.45) is 1.67. The summed E-state index contributed by atoms with van der Waals surface area (Å²) in [5.74, 6) is 0.527. The van der Waals surface area contributed by atoms with Gasteiger partial charge in [-0.1, -0.05) is 0 Å². The van der Waals surface area contributed by atoms with Gasteiger partial charge in [-0.2, -0.15) is 0 Å². The number of piperidine rings is 2. The van der Waals surface area contributed by atoms with Crippen LogP contribution in [0.2, 0.25) is 0 Å². The van der Waals surface area contributed by atoms with Crippen LogP contribution < -0.4 is 4.74 Å². The first-order valence-corrected chi connectivity index (χ1v) is 10.0. The Kier molecular flexibility index (Phi) is 7.04. The number of benzene rings is 1. The van der Waals surface area contributed by atoms with Crippen LogP contribution in [-0.4, -0.2) is 83.2 Å². The summed E-state index contributed by atoms with van der Waals surface area (Å²) in [7, 11) is 1.57. The number of aliphatic hydroxyl groups is 2. The zero-order valence-corrected chi connectivity index (χ0v) is 16.4. The Bertz CT molecular complexity index is 670. The first-order valence-electron chi connectivity index (χ1n) is 10.0. The molecule has 1 amide bonds. The van der Waals surface area contributed by atoms with Crippen molar-refractivity contribution in [3.05, 3.63) is 29.8 Å². The number of amides is 1. The maximum absolute atomic E-state index is 12.5. The van der Waals surface area contributed by atoms with Crippen molar-refractivity contribution in [3.63, 3.8) is 0 Å². The lowest BCUT2D eigenvalue weighted by atomic mass is 9.96. The molecule has 1 aromatic rings. The fourth-order valence-corrected chi connectivity index (χ4v) is 4.09. The Morgan fingerprint density at radius 3 is 2.32 bits per heavy atom. The molecule has 0 bridgehead atoms. The average molecular weight is 390 g/mol. The molecule has 0 spiro atoms. The SMILES string of the molecule is COc1ccc(C(=O)CCC(=O)N2CC[C@@H](N3CCC(O)CC3)[C@H](O)C2)cc1. The van der Waals surface area contributed by atoms with Crippen LogP contribution in [0.4, 0.5) is 0 Å². The van der Waals surface area contributed by atoms with Gasteiger partial charge in [0.25, 0.3) is 0 Å². The molecule has 2 aliphatic rings. The van der Waals surface area contributed by atoms with E-state index in [1.807, 2.05) is 0 Å². The van der Waals surface area contributed by atoms with Crippen molar-refractivity contribution in [2.24, 2.45) is 0 Å². The number of ketones is 1. The van der Waals surface area contributed by atoms with Crippen molar-refractivity contribution in [3.8, 4) is 5.75 Å². The van der Waals surface area contributed by atoms with Gasteiger partial charge in [-0.25, -0.2) is 0 Å². The Hall–Kier alpha value is -1.96. The molecular weight excluding hydrogens is 360 g/mol. The summed E-state index contributed by atoms with van der Waals surface area (Å²) in [5.41, 5.74) is 0.569. The van der Waals surface area contributed by atoms with Gasteiger partial charge in [0.05, 0.1) is 19.3 Å². The molecule has 2 fully saturated rings. The molecule has 0 saturated carbocycles. The highest BCUT2D eigenvalue weighted by molar-refractivity contribution is 5.98. The van der Waals surface area contributed by atoms with Crippen LogP contribution in [-0.2, 0) is 4.79 Å². The molecule has 0 unspecified atom stereocenters. The number of aliphatic hydroxyl groups excluding tert-OH is 2. The van der Waals surface area contributed by atoms with E-state index in [2.05, 4.69) is 4.90 Å². The number of nitrogens with zero attached hydrogens (tertiary/aromatic N) is 2. The van der Waals surface area contributed by atoms with Crippen molar-refractivity contribution < 1.29 is 24.5 Å². The molecule has 0 aromatic heterocycles. The zero-order valence-electron chi connectivity index (χ0n) is 16.4. The quantitative estimate of drug-likeness (QED) is 0.707. The van der Waals surface area contributed by atoms with E-state index in [0.29, 0.717) is 24.4 Å². The number of ether oxygens (including phenoxy) is 1. The first-order chi connectivity index (χ1) is 13.5. The molecule has 0 radical (unpaired) electrons. The molecule has 28 heavy (non-hydrogen) atoms. The topological polar surface area (TPSA) is 90.3 Å². The van der Waals surface area contributed by atoms with Crippen LogP contribution in [0, 0.1) is 0 Å². The third-order valence-electron chi connectivity index (χ3n) is 5.85. The van der Waals surface area contributed by atoms with Crippen LogP contribution in [0.15, 0.2) is 24.3 Å². The fraction of sp³-hybridized carbons (Fsp3) is 0.619. The molecule has 2 atom stereocenters. The molecule has 7 heteroatoms. The zero-order chi connectivity index (χ0) is 20.1. The highest BCUT2D eigenvalue weighted by Crippen LogP contribution is 2.22. The largest absolute Gasteiger partial charge is 0.497 e. The number of carbonyl (C=O) groups is 2. The van der Waals surface area contributed by atoms with Gasteiger partial charge in [-0.3, -0.25) is 14.5 Å². The number of carbonyl (C=O) groups excluding carboxylic acids is 2. The van der Waals surface area contributed by atoms with Crippen LogP contribution in [0.5, 0.6) is 5.75 Å². The summed E-state index contributed by atoms with van der Waals surface area (Å²) in [6, 6.07) is 6.91. The van der Waals surface area contributed by atoms with Crippen LogP contribution in [0.1, 0.15) is 42.5 Å². The number of hydrogen-bond acceptors (Lipinski definition) is 6. The van der Waals surface area contributed by atoms with E-state index in [-0.39, 0.29) is 36.7 Å². The van der Waals surface area contributed by atoms with Gasteiger partial charge in [0.1, 0.15) is 5.75 Å². The number of rotatable bonds is 6. The van der Waals surface area contributed by atoms with Crippen LogP contribution >= 0.6 is 0 Å². The molecule has 2 saturated heterocycles. The molecule has 2 heterocycles. The van der Waals surface area contributed by atoms with Gasteiger partial charge >= 0.3 is 0 Å². The Morgan fingerprint density at radius 2 is 1.71 bits per heavy atom. The highest BCUT2D eigenvalue weighted by Gasteiger charge is 2.35. The van der Waals surface area contributed by atoms with Gasteiger partial charge in [-0.15, -0.1) is 0 Å². The molecule has 1 aromatic carbocycles. The minimum Gasteiger partial charge on any atom is -0.497 e. The molecule has 7 nitrogen and oxygen atoms in total. The van der Waals surface area contributed by atoms with Crippen LogP contribution in [0.3, 0.4) is 0 Å². The van der Waals surface area contributed by atoms with E-state index in [1.165, 1.54) is 0 Å². The predicted molar refractivity (Wildman–Crippen MR) is 104 cm³/mol. The Balaban J connectivity index is 1.45. The maximum Gasteiger partial charge on any atom is 0.223 e. The molecule has 0 aliphatic carbocycles. The number of likely N-dealkylation sites (tertiary alicyclic amines) is 2. The summed E-state index contributed by atoms with van der Waals surface area (Å²) in [5, 5.41) is 20.2. The number of β-amino-alcohol motifs (C(OH)–C–C–N with tert-alkyl or cyclic N) is 1. The second kappa shape index (κ2) is 9.49. The summed E-state index contributed by atoms with van der Waals surface area (Å²) in [4.78, 5) is 28.7. The normalized spacial score (nSPS) is 24.2. The maximum atomic E-state index is 12.5.